The van der Waals surface area contributed by atoms with Gasteiger partial charge in [0.1, 0.15) is 0 Å². The van der Waals surface area contributed by atoms with Crippen LogP contribution in [0.2, 0.25) is 0 Å². The number of hydrogen-bond acceptors (Lipinski definition) is 1. The topological polar surface area (TPSA) is 12.9 Å². The van der Waals surface area contributed by atoms with Crippen LogP contribution in [0.5, 0.6) is 0 Å². The second-order valence-corrected chi connectivity index (χ2v) is 11.9. The Morgan fingerprint density at radius 1 is 0.261 bits per heavy atom. The lowest BCUT2D eigenvalue weighted by Gasteiger charge is -2.15. The molecule has 214 valence electrons. The molecule has 1 aromatic heterocycles. The highest BCUT2D eigenvalue weighted by atomic mass is 14.7. The molecule has 1 nitrogen and oxygen atoms in total. The maximum atomic E-state index is 5.46. The van der Waals surface area contributed by atoms with E-state index >= 15 is 0 Å². The van der Waals surface area contributed by atoms with E-state index in [4.69, 9.17) is 4.98 Å². The first-order chi connectivity index (χ1) is 22.8. The van der Waals surface area contributed by atoms with Gasteiger partial charge in [0.25, 0.3) is 0 Å². The molecule has 0 atom stereocenters. The third-order valence-electron chi connectivity index (χ3n) is 9.22. The van der Waals surface area contributed by atoms with Gasteiger partial charge in [0.05, 0.1) is 11.2 Å². The summed E-state index contributed by atoms with van der Waals surface area (Å²) in [5.74, 6) is 0. The Hall–Kier alpha value is -6.05. The highest BCUT2D eigenvalue weighted by molar-refractivity contribution is 6.31. The van der Waals surface area contributed by atoms with Gasteiger partial charge in [-0.05, 0) is 73.1 Å². The van der Waals surface area contributed by atoms with Crippen LogP contribution < -0.4 is 0 Å². The van der Waals surface area contributed by atoms with E-state index in [1.165, 1.54) is 71.1 Å². The van der Waals surface area contributed by atoms with E-state index in [2.05, 4.69) is 176 Å². The molecular weight excluding hydrogens is 555 g/mol. The third kappa shape index (κ3) is 4.37. The molecule has 0 aliphatic heterocycles. The van der Waals surface area contributed by atoms with Crippen molar-refractivity contribution in [3.05, 3.63) is 176 Å². The summed E-state index contributed by atoms with van der Waals surface area (Å²) in [4.78, 5) is 5.46. The van der Waals surface area contributed by atoms with Crippen molar-refractivity contribution in [2.45, 2.75) is 0 Å². The van der Waals surface area contributed by atoms with Gasteiger partial charge < -0.3 is 0 Å². The molecule has 8 aromatic carbocycles. The smallest absolute Gasteiger partial charge is 0.0800 e. The fourth-order valence-corrected chi connectivity index (χ4v) is 7.02. The van der Waals surface area contributed by atoms with Gasteiger partial charge in [-0.1, -0.05) is 158 Å². The van der Waals surface area contributed by atoms with Crippen molar-refractivity contribution in [1.29, 1.82) is 0 Å². The number of fused-ring (bicyclic) bond motifs is 8. The fraction of sp³-hybridized carbons (Fsp3) is 0. The number of benzene rings is 8. The van der Waals surface area contributed by atoms with Gasteiger partial charge >= 0.3 is 0 Å². The van der Waals surface area contributed by atoms with Gasteiger partial charge in [-0.2, -0.15) is 0 Å². The Morgan fingerprint density at radius 2 is 0.630 bits per heavy atom. The molecule has 0 unspecified atom stereocenters. The van der Waals surface area contributed by atoms with Crippen molar-refractivity contribution in [2.24, 2.45) is 0 Å². The molecule has 1 heterocycles. The van der Waals surface area contributed by atoms with E-state index < -0.39 is 0 Å². The normalized spacial score (nSPS) is 11.5. The molecule has 0 aliphatic carbocycles. The molecule has 9 aromatic rings. The third-order valence-corrected chi connectivity index (χ3v) is 9.22. The molecule has 9 rings (SSSR count). The molecular formula is C45H29N. The van der Waals surface area contributed by atoms with Crippen LogP contribution in [0.4, 0.5) is 0 Å². The van der Waals surface area contributed by atoms with Crippen LogP contribution >= 0.6 is 0 Å². The molecule has 0 saturated carbocycles. The lowest BCUT2D eigenvalue weighted by molar-refractivity contribution is 1.44. The summed E-state index contributed by atoms with van der Waals surface area (Å²) in [6.07, 6.45) is 0. The number of aromatic nitrogens is 1. The van der Waals surface area contributed by atoms with Crippen LogP contribution in [-0.4, -0.2) is 4.98 Å². The molecule has 0 radical (unpaired) electrons. The van der Waals surface area contributed by atoms with Crippen LogP contribution in [0, 0.1) is 0 Å². The molecule has 0 N–H and O–H groups in total. The Balaban J connectivity index is 1.23. The average molecular weight is 584 g/mol. The van der Waals surface area contributed by atoms with Crippen LogP contribution in [0.1, 0.15) is 0 Å². The average Bonchev–Trinajstić information content (AvgIpc) is 3.15. The van der Waals surface area contributed by atoms with E-state index in [0.29, 0.717) is 0 Å². The van der Waals surface area contributed by atoms with E-state index in [9.17, 15) is 0 Å². The number of nitrogens with zero attached hydrogens (tertiary/aromatic N) is 1. The van der Waals surface area contributed by atoms with Gasteiger partial charge in [0, 0.05) is 21.7 Å². The molecule has 0 amide bonds. The van der Waals surface area contributed by atoms with Crippen molar-refractivity contribution in [3.8, 4) is 44.6 Å². The van der Waals surface area contributed by atoms with Crippen molar-refractivity contribution in [3.63, 3.8) is 0 Å². The first-order valence-corrected chi connectivity index (χ1v) is 15.8. The highest BCUT2D eigenvalue weighted by Crippen LogP contribution is 2.41. The second kappa shape index (κ2) is 10.8. The quantitative estimate of drug-likeness (QED) is 0.188. The SMILES string of the molecule is c1ccc(-c2cc(-c3ccccc3)cc(-c3ccc(-c4nc5c6ccccc6c6ccccc6c5c5ccccc45)cc3)c2)cc1. The maximum absolute atomic E-state index is 5.46. The zero-order valence-electron chi connectivity index (χ0n) is 25.2. The largest absolute Gasteiger partial charge is 0.246 e. The summed E-state index contributed by atoms with van der Waals surface area (Å²) in [7, 11) is 0. The predicted molar refractivity (Wildman–Crippen MR) is 196 cm³/mol. The van der Waals surface area contributed by atoms with Crippen molar-refractivity contribution < 1.29 is 0 Å². The monoisotopic (exact) mass is 583 g/mol. The van der Waals surface area contributed by atoms with Crippen molar-refractivity contribution >= 4 is 43.2 Å². The molecule has 0 saturated heterocycles. The van der Waals surface area contributed by atoms with Gasteiger partial charge in [-0.25, -0.2) is 4.98 Å². The molecule has 0 spiro atoms. The van der Waals surface area contributed by atoms with E-state index in [1.54, 1.807) is 0 Å². The molecule has 0 fully saturated rings. The van der Waals surface area contributed by atoms with E-state index in [0.717, 1.165) is 16.8 Å². The first kappa shape index (κ1) is 26.4. The van der Waals surface area contributed by atoms with Crippen LogP contribution in [0.15, 0.2) is 176 Å². The lowest BCUT2D eigenvalue weighted by atomic mass is 9.91. The predicted octanol–water partition coefficient (Wildman–Crippen LogP) is 12.4. The summed E-state index contributed by atoms with van der Waals surface area (Å²) in [6.45, 7) is 0. The van der Waals surface area contributed by atoms with Gasteiger partial charge in [0.15, 0.2) is 0 Å². The number of pyridine rings is 1. The summed E-state index contributed by atoms with van der Waals surface area (Å²) >= 11 is 0. The van der Waals surface area contributed by atoms with Crippen LogP contribution in [0.25, 0.3) is 87.9 Å². The molecule has 0 bridgehead atoms. The minimum Gasteiger partial charge on any atom is -0.246 e. The lowest BCUT2D eigenvalue weighted by Crippen LogP contribution is -1.93. The van der Waals surface area contributed by atoms with Gasteiger partial charge in [-0.3, -0.25) is 0 Å². The highest BCUT2D eigenvalue weighted by Gasteiger charge is 2.16. The minimum atomic E-state index is 1.01. The van der Waals surface area contributed by atoms with E-state index in [1.807, 2.05) is 0 Å². The van der Waals surface area contributed by atoms with Crippen LogP contribution in [0.3, 0.4) is 0 Å². The summed E-state index contributed by atoms with van der Waals surface area (Å²) < 4.78 is 0. The zero-order valence-corrected chi connectivity index (χ0v) is 25.2. The number of hydrogen-bond donors (Lipinski definition) is 0. The Kier molecular flexibility index (Phi) is 6.21. The molecule has 46 heavy (non-hydrogen) atoms. The van der Waals surface area contributed by atoms with Gasteiger partial charge in [-0.15, -0.1) is 0 Å². The Morgan fingerprint density at radius 3 is 1.17 bits per heavy atom. The standard InChI is InChI=1S/C45H29N/c1-3-13-30(14-4-1)34-27-35(31-15-5-2-6-16-31)29-36(28-34)32-23-25-33(26-24-32)44-42-22-12-10-20-40(42)43-39-19-9-7-17-37(39)38-18-8-11-21-41(38)45(43)46-44/h1-29H. The van der Waals surface area contributed by atoms with Crippen LogP contribution in [-0.2, 0) is 0 Å². The van der Waals surface area contributed by atoms with Crippen molar-refractivity contribution in [2.75, 3.05) is 0 Å². The molecule has 0 aliphatic rings. The number of rotatable bonds is 4. The Bertz CT molecular complexity index is 2490. The van der Waals surface area contributed by atoms with Gasteiger partial charge in [0.2, 0.25) is 0 Å². The maximum Gasteiger partial charge on any atom is 0.0800 e. The van der Waals surface area contributed by atoms with E-state index in [-0.39, 0.29) is 0 Å². The Labute approximate surface area is 268 Å². The minimum absolute atomic E-state index is 1.01. The summed E-state index contributed by atoms with van der Waals surface area (Å²) in [5.41, 5.74) is 10.4. The first-order valence-electron chi connectivity index (χ1n) is 15.8. The van der Waals surface area contributed by atoms with Crippen molar-refractivity contribution in [1.82, 2.24) is 4.98 Å². The summed E-state index contributed by atoms with van der Waals surface area (Å²) in [6, 6.07) is 63.3. The fourth-order valence-electron chi connectivity index (χ4n) is 7.02. The molecule has 1 heteroatoms. The second-order valence-electron chi connectivity index (χ2n) is 11.9. The zero-order chi connectivity index (χ0) is 30.5. The summed E-state index contributed by atoms with van der Waals surface area (Å²) in [5, 5.41) is 8.55.